The molecule has 0 spiro atoms. The quantitative estimate of drug-likeness (QED) is 0.293. The number of methoxy groups -OCH3 is 1. The van der Waals surface area contributed by atoms with Crippen LogP contribution in [0.1, 0.15) is 16.7 Å². The molecule has 0 bridgehead atoms. The highest BCUT2D eigenvalue weighted by Crippen LogP contribution is 2.23. The van der Waals surface area contributed by atoms with Crippen molar-refractivity contribution < 1.29 is 18.7 Å². The van der Waals surface area contributed by atoms with Crippen LogP contribution in [0, 0.1) is 5.82 Å². The largest absolute Gasteiger partial charge is 0.496 e. The molecule has 3 aromatic carbocycles. The van der Waals surface area contributed by atoms with Crippen LogP contribution in [-0.2, 0) is 17.9 Å². The highest BCUT2D eigenvalue weighted by Gasteiger charge is 2.08. The van der Waals surface area contributed by atoms with Gasteiger partial charge in [0.15, 0.2) is 0 Å². The molecule has 8 heteroatoms. The fraction of sp³-hybridized carbons (Fsp3) is 0.111. The van der Waals surface area contributed by atoms with E-state index in [0.29, 0.717) is 29.6 Å². The standard InChI is InChI=1S/C27H23ClFN3O3/c1-34-26-11-7-19(13-21(26)18-35-24-5-3-2-4-6-24)8-12-27(33)31-23-15-30-32(17-23)16-20-9-10-22(29)14-25(20)28/h2-15,17H,16,18H2,1H3,(H,31,33)/b12-8+. The van der Waals surface area contributed by atoms with E-state index in [0.717, 1.165) is 22.4 Å². The van der Waals surface area contributed by atoms with Gasteiger partial charge in [0.05, 0.1) is 25.5 Å². The number of halogens is 2. The van der Waals surface area contributed by atoms with E-state index < -0.39 is 5.82 Å². The van der Waals surface area contributed by atoms with Crippen molar-refractivity contribution in [1.29, 1.82) is 0 Å². The van der Waals surface area contributed by atoms with Gasteiger partial charge < -0.3 is 14.8 Å². The number of para-hydroxylation sites is 1. The summed E-state index contributed by atoms with van der Waals surface area (Å²) in [6, 6.07) is 19.3. The van der Waals surface area contributed by atoms with Gasteiger partial charge in [-0.3, -0.25) is 9.48 Å². The molecule has 0 saturated heterocycles. The van der Waals surface area contributed by atoms with Crippen LogP contribution in [0.15, 0.2) is 85.2 Å². The van der Waals surface area contributed by atoms with Gasteiger partial charge in [0.2, 0.25) is 5.91 Å². The first-order chi connectivity index (χ1) is 17.0. The number of anilines is 1. The molecular formula is C27H23ClFN3O3. The fourth-order valence-corrected chi connectivity index (χ4v) is 3.61. The highest BCUT2D eigenvalue weighted by atomic mass is 35.5. The van der Waals surface area contributed by atoms with E-state index in [2.05, 4.69) is 10.4 Å². The van der Waals surface area contributed by atoms with Crippen LogP contribution in [0.4, 0.5) is 10.1 Å². The lowest BCUT2D eigenvalue weighted by Gasteiger charge is -2.11. The molecule has 1 aromatic heterocycles. The first kappa shape index (κ1) is 24.0. The molecule has 0 fully saturated rings. The van der Waals surface area contributed by atoms with Crippen LogP contribution < -0.4 is 14.8 Å². The van der Waals surface area contributed by atoms with Crippen molar-refractivity contribution in [2.75, 3.05) is 12.4 Å². The van der Waals surface area contributed by atoms with Crippen molar-refractivity contribution in [2.24, 2.45) is 0 Å². The van der Waals surface area contributed by atoms with Crippen molar-refractivity contribution in [2.45, 2.75) is 13.2 Å². The zero-order valence-electron chi connectivity index (χ0n) is 18.9. The number of aromatic nitrogens is 2. The molecule has 1 N–H and O–H groups in total. The van der Waals surface area contributed by atoms with Crippen LogP contribution in [0.25, 0.3) is 6.08 Å². The minimum absolute atomic E-state index is 0.303. The Hall–Kier alpha value is -4.10. The molecule has 0 aliphatic carbocycles. The van der Waals surface area contributed by atoms with Gasteiger partial charge in [0, 0.05) is 22.9 Å². The zero-order valence-corrected chi connectivity index (χ0v) is 19.7. The van der Waals surface area contributed by atoms with E-state index in [1.165, 1.54) is 24.4 Å². The Morgan fingerprint density at radius 3 is 2.71 bits per heavy atom. The molecule has 178 valence electrons. The highest BCUT2D eigenvalue weighted by molar-refractivity contribution is 6.31. The van der Waals surface area contributed by atoms with E-state index in [1.807, 2.05) is 48.5 Å². The molecule has 0 aliphatic rings. The van der Waals surface area contributed by atoms with Gasteiger partial charge >= 0.3 is 0 Å². The third-order valence-electron chi connectivity index (χ3n) is 5.12. The molecule has 0 aliphatic heterocycles. The monoisotopic (exact) mass is 491 g/mol. The summed E-state index contributed by atoms with van der Waals surface area (Å²) in [5.41, 5.74) is 2.94. The maximum absolute atomic E-state index is 13.2. The Bertz CT molecular complexity index is 1340. The summed E-state index contributed by atoms with van der Waals surface area (Å²) in [4.78, 5) is 12.4. The fourth-order valence-electron chi connectivity index (χ4n) is 3.39. The van der Waals surface area contributed by atoms with Gasteiger partial charge in [-0.25, -0.2) is 4.39 Å². The van der Waals surface area contributed by atoms with Crippen LogP contribution >= 0.6 is 11.6 Å². The Labute approximate surface area is 207 Å². The summed E-state index contributed by atoms with van der Waals surface area (Å²) in [7, 11) is 1.61. The third kappa shape index (κ3) is 6.71. The topological polar surface area (TPSA) is 65.4 Å². The van der Waals surface area contributed by atoms with Crippen LogP contribution in [0.5, 0.6) is 11.5 Å². The predicted molar refractivity (Wildman–Crippen MR) is 134 cm³/mol. The van der Waals surface area contributed by atoms with Crippen LogP contribution in [0.3, 0.4) is 0 Å². The van der Waals surface area contributed by atoms with Gasteiger partial charge in [0.1, 0.15) is 23.9 Å². The number of nitrogens with one attached hydrogen (secondary N) is 1. The Kier molecular flexibility index (Phi) is 7.80. The summed E-state index contributed by atoms with van der Waals surface area (Å²) in [6.45, 7) is 0.683. The van der Waals surface area contributed by atoms with E-state index in [-0.39, 0.29) is 5.91 Å². The maximum Gasteiger partial charge on any atom is 0.248 e. The number of rotatable bonds is 9. The Balaban J connectivity index is 1.37. The summed E-state index contributed by atoms with van der Waals surface area (Å²) < 4.78 is 26.1. The van der Waals surface area contributed by atoms with E-state index in [1.54, 1.807) is 30.1 Å². The predicted octanol–water partition coefficient (Wildman–Crippen LogP) is 5.96. The van der Waals surface area contributed by atoms with Crippen LogP contribution in [0.2, 0.25) is 5.02 Å². The van der Waals surface area contributed by atoms with Gasteiger partial charge in [0.25, 0.3) is 0 Å². The molecule has 6 nitrogen and oxygen atoms in total. The Morgan fingerprint density at radius 1 is 1.11 bits per heavy atom. The second kappa shape index (κ2) is 11.4. The molecule has 4 aromatic rings. The lowest BCUT2D eigenvalue weighted by molar-refractivity contribution is -0.111. The zero-order chi connectivity index (χ0) is 24.6. The summed E-state index contributed by atoms with van der Waals surface area (Å²) in [6.07, 6.45) is 6.37. The SMILES string of the molecule is COc1ccc(/C=C/C(=O)Nc2cnn(Cc3ccc(F)cc3Cl)c2)cc1COc1ccccc1. The molecule has 0 saturated carbocycles. The molecule has 4 rings (SSSR count). The normalized spacial score (nSPS) is 10.9. The lowest BCUT2D eigenvalue weighted by Crippen LogP contribution is -2.07. The second-order valence-corrected chi connectivity index (χ2v) is 8.07. The molecular weight excluding hydrogens is 469 g/mol. The molecule has 0 atom stereocenters. The smallest absolute Gasteiger partial charge is 0.248 e. The minimum Gasteiger partial charge on any atom is -0.496 e. The molecule has 1 amide bonds. The summed E-state index contributed by atoms with van der Waals surface area (Å²) in [5, 5.41) is 7.32. The average molecular weight is 492 g/mol. The van der Waals surface area contributed by atoms with E-state index in [4.69, 9.17) is 21.1 Å². The minimum atomic E-state index is -0.397. The van der Waals surface area contributed by atoms with Gasteiger partial charge in [-0.2, -0.15) is 5.10 Å². The molecule has 35 heavy (non-hydrogen) atoms. The number of ether oxygens (including phenoxy) is 2. The molecule has 0 unspecified atom stereocenters. The van der Waals surface area contributed by atoms with Gasteiger partial charge in [-0.15, -0.1) is 0 Å². The first-order valence-electron chi connectivity index (χ1n) is 10.8. The number of hydrogen-bond acceptors (Lipinski definition) is 4. The van der Waals surface area contributed by atoms with Gasteiger partial charge in [-0.05, 0) is 53.6 Å². The molecule has 1 heterocycles. The average Bonchev–Trinajstić information content (AvgIpc) is 3.30. The number of carbonyl (C=O) groups excluding carboxylic acids is 1. The van der Waals surface area contributed by atoms with Crippen molar-refractivity contribution >= 4 is 29.3 Å². The van der Waals surface area contributed by atoms with Crippen molar-refractivity contribution in [3.05, 3.63) is 113 Å². The summed E-state index contributed by atoms with van der Waals surface area (Å²) >= 11 is 6.08. The number of nitrogens with zero attached hydrogens (tertiary/aromatic N) is 2. The van der Waals surface area contributed by atoms with Crippen molar-refractivity contribution in [3.8, 4) is 11.5 Å². The third-order valence-corrected chi connectivity index (χ3v) is 5.47. The second-order valence-electron chi connectivity index (χ2n) is 7.66. The van der Waals surface area contributed by atoms with Crippen molar-refractivity contribution in [1.82, 2.24) is 9.78 Å². The van der Waals surface area contributed by atoms with Crippen molar-refractivity contribution in [3.63, 3.8) is 0 Å². The lowest BCUT2D eigenvalue weighted by atomic mass is 10.1. The number of benzene rings is 3. The number of amides is 1. The molecule has 0 radical (unpaired) electrons. The first-order valence-corrected chi connectivity index (χ1v) is 11.2. The summed E-state index contributed by atoms with van der Waals surface area (Å²) in [5.74, 6) is 0.766. The van der Waals surface area contributed by atoms with Crippen LogP contribution in [-0.4, -0.2) is 22.8 Å². The number of hydrogen-bond donors (Lipinski definition) is 1. The number of carbonyl (C=O) groups is 1. The Morgan fingerprint density at radius 2 is 1.94 bits per heavy atom. The van der Waals surface area contributed by atoms with E-state index >= 15 is 0 Å². The van der Waals surface area contributed by atoms with E-state index in [9.17, 15) is 9.18 Å². The maximum atomic E-state index is 13.2. The van der Waals surface area contributed by atoms with Gasteiger partial charge in [-0.1, -0.05) is 41.9 Å².